The number of hydrogen-bond acceptors (Lipinski definition) is 5. The van der Waals surface area contributed by atoms with Crippen molar-refractivity contribution in [1.29, 1.82) is 5.26 Å². The topological polar surface area (TPSA) is 91.2 Å². The van der Waals surface area contributed by atoms with E-state index < -0.39 is 47.8 Å². The number of cyclic esters (lactones) is 1. The molecule has 0 bridgehead atoms. The van der Waals surface area contributed by atoms with E-state index in [0.29, 0.717) is 29.5 Å². The third kappa shape index (κ3) is 5.68. The molecule has 0 aromatic heterocycles. The largest absolute Gasteiger partial charge is 0.457 e. The molecule has 1 fully saturated rings. The van der Waals surface area contributed by atoms with Crippen LogP contribution in [0.5, 0.6) is 0 Å². The lowest BCUT2D eigenvalue weighted by atomic mass is 9.95. The zero-order chi connectivity index (χ0) is 26.3. The molecule has 1 heterocycles. The summed E-state index contributed by atoms with van der Waals surface area (Å²) in [4.78, 5) is 24.6. The first kappa shape index (κ1) is 25.6. The fourth-order valence-corrected chi connectivity index (χ4v) is 4.17. The molecule has 0 saturated heterocycles. The molecule has 0 unspecified atom stereocenters. The van der Waals surface area contributed by atoms with Crippen molar-refractivity contribution in [2.75, 3.05) is 0 Å². The number of benzene rings is 2. The summed E-state index contributed by atoms with van der Waals surface area (Å²) in [5.41, 5.74) is -0.819. The molecule has 1 amide bonds. The number of rotatable bonds is 8. The van der Waals surface area contributed by atoms with Crippen molar-refractivity contribution in [2.45, 2.75) is 69.2 Å². The summed E-state index contributed by atoms with van der Waals surface area (Å²) < 4.78 is 61.7. The van der Waals surface area contributed by atoms with E-state index in [4.69, 9.17) is 4.74 Å². The first-order valence-electron chi connectivity index (χ1n) is 11.5. The average molecular weight is 503 g/mol. The van der Waals surface area contributed by atoms with Crippen molar-refractivity contribution in [3.63, 3.8) is 0 Å². The summed E-state index contributed by atoms with van der Waals surface area (Å²) in [5, 5.41) is 14.0. The molecule has 2 aromatic carbocycles. The van der Waals surface area contributed by atoms with Gasteiger partial charge in [-0.3, -0.25) is 10.1 Å². The number of nitrogens with one attached hydrogen (secondary N) is 2. The van der Waals surface area contributed by atoms with Crippen LogP contribution < -0.4 is 10.6 Å². The van der Waals surface area contributed by atoms with E-state index in [0.717, 1.165) is 5.56 Å². The number of carbonyl (C=O) groups is 2. The molecular weight excluding hydrogens is 478 g/mol. The zero-order valence-electron chi connectivity index (χ0n) is 19.7. The first-order chi connectivity index (χ1) is 16.8. The number of fused-ring (bicyclic) bond motifs is 1. The highest BCUT2D eigenvalue weighted by atomic mass is 19.4. The maximum absolute atomic E-state index is 14.4. The molecule has 2 N–H and O–H groups in total. The number of hydrogen-bond donors (Lipinski definition) is 2. The number of amides is 1. The van der Waals surface area contributed by atoms with Crippen LogP contribution in [0, 0.1) is 11.3 Å². The number of carbonyl (C=O) groups excluding carboxylic acids is 2. The van der Waals surface area contributed by atoms with Crippen LogP contribution in [0.4, 0.5) is 17.6 Å². The van der Waals surface area contributed by atoms with E-state index in [2.05, 4.69) is 10.6 Å². The Labute approximate surface area is 205 Å². The Morgan fingerprint density at radius 1 is 1.11 bits per heavy atom. The van der Waals surface area contributed by atoms with Gasteiger partial charge in [0.25, 0.3) is 0 Å². The first-order valence-corrected chi connectivity index (χ1v) is 11.5. The monoisotopic (exact) mass is 503 g/mol. The summed E-state index contributed by atoms with van der Waals surface area (Å²) in [6.07, 6.45) is -4.52. The number of alkyl halides is 4. The lowest BCUT2D eigenvalue weighted by Crippen LogP contribution is -2.53. The van der Waals surface area contributed by atoms with Gasteiger partial charge in [0.1, 0.15) is 23.9 Å². The van der Waals surface area contributed by atoms with E-state index >= 15 is 0 Å². The molecule has 10 heteroatoms. The highest BCUT2D eigenvalue weighted by Crippen LogP contribution is 2.37. The van der Waals surface area contributed by atoms with Gasteiger partial charge in [0.05, 0.1) is 17.7 Å². The van der Waals surface area contributed by atoms with Crippen molar-refractivity contribution < 1.29 is 31.9 Å². The van der Waals surface area contributed by atoms with Crippen LogP contribution in [0.25, 0.3) is 11.1 Å². The second-order valence-electron chi connectivity index (χ2n) is 9.87. The van der Waals surface area contributed by atoms with Crippen molar-refractivity contribution in [3.05, 3.63) is 59.2 Å². The predicted molar refractivity (Wildman–Crippen MR) is 122 cm³/mol. The molecule has 1 saturated carbocycles. The predicted octanol–water partition coefficient (Wildman–Crippen LogP) is 4.90. The highest BCUT2D eigenvalue weighted by molar-refractivity contribution is 5.94. The van der Waals surface area contributed by atoms with E-state index in [9.17, 15) is 32.4 Å². The van der Waals surface area contributed by atoms with Crippen molar-refractivity contribution in [2.24, 2.45) is 0 Å². The number of nitriles is 1. The van der Waals surface area contributed by atoms with Gasteiger partial charge in [-0.25, -0.2) is 9.18 Å². The van der Waals surface area contributed by atoms with Crippen LogP contribution in [0.1, 0.15) is 60.6 Å². The van der Waals surface area contributed by atoms with Crippen LogP contribution >= 0.6 is 0 Å². The van der Waals surface area contributed by atoms with E-state index in [1.165, 1.54) is 38.1 Å². The van der Waals surface area contributed by atoms with Gasteiger partial charge in [-0.05, 0) is 49.4 Å². The summed E-state index contributed by atoms with van der Waals surface area (Å²) in [6, 6.07) is 8.82. The molecule has 0 radical (unpaired) electrons. The number of ether oxygens (including phenoxy) is 1. The second kappa shape index (κ2) is 9.21. The minimum atomic E-state index is -4.79. The molecule has 2 atom stereocenters. The maximum atomic E-state index is 14.4. The molecule has 2 aliphatic rings. The fraction of sp³-hybridized carbons (Fsp3) is 0.423. The SMILES string of the molecule is CC(C)(F)C[C@H](N[C@@H](c1ccc(-c2ccc3c(c2)C(=O)OC3)cc1)C(F)(F)F)C(=O)NC1(C#N)CC1. The number of halogens is 4. The van der Waals surface area contributed by atoms with Gasteiger partial charge in [-0.2, -0.15) is 18.4 Å². The minimum Gasteiger partial charge on any atom is -0.457 e. The Balaban J connectivity index is 1.59. The van der Waals surface area contributed by atoms with Crippen LogP contribution in [0.2, 0.25) is 0 Å². The van der Waals surface area contributed by atoms with Crippen molar-refractivity contribution in [1.82, 2.24) is 10.6 Å². The molecule has 6 nitrogen and oxygen atoms in total. The van der Waals surface area contributed by atoms with Crippen LogP contribution in [-0.2, 0) is 16.1 Å². The third-order valence-corrected chi connectivity index (χ3v) is 6.29. The lowest BCUT2D eigenvalue weighted by Gasteiger charge is -2.30. The van der Waals surface area contributed by atoms with Crippen LogP contribution in [0.15, 0.2) is 42.5 Å². The normalized spacial score (nSPS) is 18.0. The molecule has 2 aromatic rings. The van der Waals surface area contributed by atoms with E-state index in [1.807, 2.05) is 6.07 Å². The summed E-state index contributed by atoms with van der Waals surface area (Å²) in [7, 11) is 0. The zero-order valence-corrected chi connectivity index (χ0v) is 19.7. The third-order valence-electron chi connectivity index (χ3n) is 6.29. The van der Waals surface area contributed by atoms with Gasteiger partial charge >= 0.3 is 12.1 Å². The van der Waals surface area contributed by atoms with E-state index in [-0.39, 0.29) is 12.2 Å². The molecule has 190 valence electrons. The molecular formula is C26H25F4N3O3. The Bertz CT molecular complexity index is 1210. The fourth-order valence-electron chi connectivity index (χ4n) is 4.17. The number of esters is 1. The molecule has 1 aliphatic carbocycles. The van der Waals surface area contributed by atoms with Gasteiger partial charge in [0.15, 0.2) is 0 Å². The molecule has 36 heavy (non-hydrogen) atoms. The quantitative estimate of drug-likeness (QED) is 0.395. The molecule has 1 aliphatic heterocycles. The maximum Gasteiger partial charge on any atom is 0.407 e. The Hall–Kier alpha value is -3.45. The van der Waals surface area contributed by atoms with Gasteiger partial charge in [-0.1, -0.05) is 36.4 Å². The minimum absolute atomic E-state index is 0.164. The van der Waals surface area contributed by atoms with E-state index in [1.54, 1.807) is 18.2 Å². The average Bonchev–Trinajstić information content (AvgIpc) is 3.49. The molecule has 0 spiro atoms. The Morgan fingerprint density at radius 2 is 1.75 bits per heavy atom. The highest BCUT2D eigenvalue weighted by Gasteiger charge is 2.48. The smallest absolute Gasteiger partial charge is 0.407 e. The Kier molecular flexibility index (Phi) is 6.56. The second-order valence-corrected chi connectivity index (χ2v) is 9.87. The Morgan fingerprint density at radius 3 is 2.31 bits per heavy atom. The summed E-state index contributed by atoms with van der Waals surface area (Å²) in [5.74, 6) is -1.30. The van der Waals surface area contributed by atoms with Gasteiger partial charge in [-0.15, -0.1) is 0 Å². The molecule has 4 rings (SSSR count). The lowest BCUT2D eigenvalue weighted by molar-refractivity contribution is -0.161. The van der Waals surface area contributed by atoms with Gasteiger partial charge in [0, 0.05) is 12.0 Å². The number of nitrogens with zero attached hydrogens (tertiary/aromatic N) is 1. The van der Waals surface area contributed by atoms with Gasteiger partial charge < -0.3 is 10.1 Å². The van der Waals surface area contributed by atoms with Gasteiger partial charge in [0.2, 0.25) is 5.91 Å². The van der Waals surface area contributed by atoms with Crippen molar-refractivity contribution >= 4 is 11.9 Å². The summed E-state index contributed by atoms with van der Waals surface area (Å²) in [6.45, 7) is 2.54. The standard InChI is InChI=1S/C26H25F4N3O3/c1-24(2,27)12-20(22(34)33-25(14-31)9-10-25)32-21(26(28,29)30)16-5-3-15(4-6-16)17-7-8-18-13-36-23(35)19(18)11-17/h3-8,11,20-21,32H,9-10,12-13H2,1-2H3,(H,33,34)/t20-,21-/m0/s1. The summed E-state index contributed by atoms with van der Waals surface area (Å²) >= 11 is 0. The van der Waals surface area contributed by atoms with Crippen molar-refractivity contribution in [3.8, 4) is 17.2 Å². The van der Waals surface area contributed by atoms with Crippen LogP contribution in [0.3, 0.4) is 0 Å². The van der Waals surface area contributed by atoms with Crippen LogP contribution in [-0.4, -0.2) is 35.3 Å².